The van der Waals surface area contributed by atoms with Crippen LogP contribution in [0.4, 0.5) is 0 Å². The van der Waals surface area contributed by atoms with Crippen LogP contribution >= 0.6 is 23.2 Å². The maximum Gasteiger partial charge on any atom is 0.317 e. The number of esters is 2. The molecular formula is C13H12Cl2O4. The van der Waals surface area contributed by atoms with Gasteiger partial charge in [-0.2, -0.15) is 0 Å². The Balaban J connectivity index is 2.43. The Morgan fingerprint density at radius 1 is 1.21 bits per heavy atom. The molecule has 0 saturated heterocycles. The first kappa shape index (κ1) is 14.2. The molecule has 2 rings (SSSR count). The summed E-state index contributed by atoms with van der Waals surface area (Å²) in [5, 5.41) is 0.721. The number of ether oxygens (including phenoxy) is 2. The molecule has 1 saturated carbocycles. The third kappa shape index (κ3) is 2.19. The van der Waals surface area contributed by atoms with Crippen molar-refractivity contribution < 1.29 is 19.1 Å². The van der Waals surface area contributed by atoms with Gasteiger partial charge in [0.05, 0.1) is 30.2 Å². The highest BCUT2D eigenvalue weighted by molar-refractivity contribution is 6.42. The summed E-state index contributed by atoms with van der Waals surface area (Å²) in [4.78, 5) is 23.7. The zero-order valence-electron chi connectivity index (χ0n) is 10.4. The third-order valence-electron chi connectivity index (χ3n) is 3.43. The van der Waals surface area contributed by atoms with E-state index in [1.54, 1.807) is 18.2 Å². The van der Waals surface area contributed by atoms with E-state index in [1.165, 1.54) is 14.2 Å². The van der Waals surface area contributed by atoms with Crippen molar-refractivity contribution in [2.75, 3.05) is 14.2 Å². The number of halogens is 2. The van der Waals surface area contributed by atoms with Crippen molar-refractivity contribution in [2.24, 2.45) is 5.92 Å². The largest absolute Gasteiger partial charge is 0.469 e. The summed E-state index contributed by atoms with van der Waals surface area (Å²) in [6.07, 6.45) is 0.351. The first-order valence-corrected chi connectivity index (χ1v) is 6.34. The number of hydrogen-bond donors (Lipinski definition) is 0. The highest BCUT2D eigenvalue weighted by atomic mass is 35.5. The lowest BCUT2D eigenvalue weighted by atomic mass is 9.93. The highest BCUT2D eigenvalue weighted by Crippen LogP contribution is 2.56. The molecule has 4 nitrogen and oxygen atoms in total. The maximum absolute atomic E-state index is 12.0. The van der Waals surface area contributed by atoms with Gasteiger partial charge in [0, 0.05) is 0 Å². The smallest absolute Gasteiger partial charge is 0.317 e. The van der Waals surface area contributed by atoms with Crippen LogP contribution < -0.4 is 0 Å². The fourth-order valence-electron chi connectivity index (χ4n) is 2.31. The van der Waals surface area contributed by atoms with Crippen molar-refractivity contribution in [2.45, 2.75) is 11.8 Å². The van der Waals surface area contributed by atoms with Crippen LogP contribution in [-0.2, 0) is 24.5 Å². The summed E-state index contributed by atoms with van der Waals surface area (Å²) in [5.41, 5.74) is -0.389. The van der Waals surface area contributed by atoms with Crippen LogP contribution in [0.15, 0.2) is 18.2 Å². The van der Waals surface area contributed by atoms with E-state index in [0.717, 1.165) is 0 Å². The van der Waals surface area contributed by atoms with Gasteiger partial charge in [0.25, 0.3) is 0 Å². The summed E-state index contributed by atoms with van der Waals surface area (Å²) in [6, 6.07) is 4.86. The summed E-state index contributed by atoms with van der Waals surface area (Å²) in [7, 11) is 2.58. The Hall–Kier alpha value is -1.26. The fourth-order valence-corrected chi connectivity index (χ4v) is 2.61. The van der Waals surface area contributed by atoms with Gasteiger partial charge in [-0.25, -0.2) is 0 Å². The van der Waals surface area contributed by atoms with Gasteiger partial charge < -0.3 is 9.47 Å². The van der Waals surface area contributed by atoms with Crippen molar-refractivity contribution >= 4 is 35.1 Å². The number of rotatable bonds is 3. The molecular weight excluding hydrogens is 291 g/mol. The molecule has 0 aromatic heterocycles. The van der Waals surface area contributed by atoms with Gasteiger partial charge in [0.15, 0.2) is 0 Å². The van der Waals surface area contributed by atoms with Gasteiger partial charge in [0.1, 0.15) is 5.41 Å². The van der Waals surface area contributed by atoms with Crippen molar-refractivity contribution in [3.63, 3.8) is 0 Å². The standard InChI is InChI=1S/C13H12Cl2O4/c1-18-11(16)8-6-13(8,12(17)19-2)7-3-4-9(14)10(15)5-7/h3-5,8H,6H2,1-2H3. The molecule has 6 heteroatoms. The summed E-state index contributed by atoms with van der Waals surface area (Å²) < 4.78 is 9.50. The van der Waals surface area contributed by atoms with Crippen LogP contribution in [0, 0.1) is 5.92 Å². The van der Waals surface area contributed by atoms with Crippen LogP contribution in [0.25, 0.3) is 0 Å². The predicted molar refractivity (Wildman–Crippen MR) is 70.3 cm³/mol. The minimum Gasteiger partial charge on any atom is -0.469 e. The Morgan fingerprint density at radius 3 is 2.42 bits per heavy atom. The Labute approximate surface area is 120 Å². The lowest BCUT2D eigenvalue weighted by Crippen LogP contribution is -2.27. The Kier molecular flexibility index (Phi) is 3.74. The second kappa shape index (κ2) is 5.02. The summed E-state index contributed by atoms with van der Waals surface area (Å²) in [6.45, 7) is 0. The van der Waals surface area contributed by atoms with Crippen molar-refractivity contribution in [1.82, 2.24) is 0 Å². The lowest BCUT2D eigenvalue weighted by molar-refractivity contribution is -0.149. The molecule has 2 unspecified atom stereocenters. The van der Waals surface area contributed by atoms with Crippen LogP contribution in [0.2, 0.25) is 10.0 Å². The number of carbonyl (C=O) groups excluding carboxylic acids is 2. The number of hydrogen-bond acceptors (Lipinski definition) is 4. The van der Waals surface area contributed by atoms with Crippen LogP contribution in [-0.4, -0.2) is 26.2 Å². The summed E-state index contributed by atoms with van der Waals surface area (Å²) in [5.74, 6) is -1.44. The number of methoxy groups -OCH3 is 2. The quantitative estimate of drug-likeness (QED) is 0.805. The maximum atomic E-state index is 12.0. The molecule has 1 aromatic rings. The topological polar surface area (TPSA) is 52.6 Å². The van der Waals surface area contributed by atoms with Gasteiger partial charge in [-0.15, -0.1) is 0 Å². The molecule has 0 aliphatic heterocycles. The van der Waals surface area contributed by atoms with Crippen LogP contribution in [0.1, 0.15) is 12.0 Å². The van der Waals surface area contributed by atoms with Gasteiger partial charge in [-0.05, 0) is 24.1 Å². The zero-order chi connectivity index (χ0) is 14.2. The molecule has 0 heterocycles. The molecule has 1 aliphatic rings. The lowest BCUT2D eigenvalue weighted by Gasteiger charge is -2.15. The molecule has 0 amide bonds. The van der Waals surface area contributed by atoms with E-state index in [2.05, 4.69) is 0 Å². The average molecular weight is 303 g/mol. The predicted octanol–water partition coefficient (Wildman–Crippen LogP) is 2.60. The van der Waals surface area contributed by atoms with Crippen molar-refractivity contribution in [1.29, 1.82) is 0 Å². The van der Waals surface area contributed by atoms with Crippen LogP contribution in [0.5, 0.6) is 0 Å². The van der Waals surface area contributed by atoms with Crippen LogP contribution in [0.3, 0.4) is 0 Å². The number of benzene rings is 1. The van der Waals surface area contributed by atoms with Gasteiger partial charge in [0.2, 0.25) is 0 Å². The first-order valence-electron chi connectivity index (χ1n) is 5.59. The van der Waals surface area contributed by atoms with Gasteiger partial charge in [-0.3, -0.25) is 9.59 Å². The summed E-state index contributed by atoms with van der Waals surface area (Å²) >= 11 is 11.8. The normalized spacial score (nSPS) is 24.7. The van der Waals surface area contributed by atoms with E-state index in [-0.39, 0.29) is 0 Å². The molecule has 0 bridgehead atoms. The van der Waals surface area contributed by atoms with E-state index >= 15 is 0 Å². The highest BCUT2D eigenvalue weighted by Gasteiger charge is 2.66. The first-order chi connectivity index (χ1) is 8.97. The molecule has 102 valence electrons. The minimum absolute atomic E-state index is 0.331. The SMILES string of the molecule is COC(=O)C1CC1(C(=O)OC)c1ccc(Cl)c(Cl)c1. The molecule has 19 heavy (non-hydrogen) atoms. The molecule has 1 aliphatic carbocycles. The second-order valence-electron chi connectivity index (χ2n) is 4.37. The molecule has 1 aromatic carbocycles. The van der Waals surface area contributed by atoms with Crippen molar-refractivity contribution in [3.05, 3.63) is 33.8 Å². The Bertz CT molecular complexity index is 543. The Morgan fingerprint density at radius 2 is 1.89 bits per heavy atom. The van der Waals surface area contributed by atoms with E-state index < -0.39 is 23.3 Å². The van der Waals surface area contributed by atoms with E-state index in [1.807, 2.05) is 0 Å². The van der Waals surface area contributed by atoms with E-state index in [9.17, 15) is 9.59 Å². The molecule has 1 fully saturated rings. The second-order valence-corrected chi connectivity index (χ2v) is 5.19. The van der Waals surface area contributed by atoms with E-state index in [0.29, 0.717) is 22.0 Å². The number of carbonyl (C=O) groups is 2. The molecule has 0 radical (unpaired) electrons. The molecule has 0 spiro atoms. The van der Waals surface area contributed by atoms with E-state index in [4.69, 9.17) is 32.7 Å². The van der Waals surface area contributed by atoms with Crippen molar-refractivity contribution in [3.8, 4) is 0 Å². The van der Waals surface area contributed by atoms with Gasteiger partial charge >= 0.3 is 11.9 Å². The zero-order valence-corrected chi connectivity index (χ0v) is 11.9. The molecule has 2 atom stereocenters. The fraction of sp³-hybridized carbons (Fsp3) is 0.385. The average Bonchev–Trinajstić information content (AvgIpc) is 3.16. The molecule has 0 N–H and O–H groups in total. The third-order valence-corrected chi connectivity index (χ3v) is 4.17. The monoisotopic (exact) mass is 302 g/mol. The minimum atomic E-state index is -1.00. The van der Waals surface area contributed by atoms with Gasteiger partial charge in [-0.1, -0.05) is 29.3 Å².